The van der Waals surface area contributed by atoms with Crippen LogP contribution in [-0.4, -0.2) is 68.3 Å². The standard InChI is InChI=1S/C24H31N7O3S/c1-24(2,14-34-23(32)25-3)30-21-19-18(8-11-35(19)33)28-22(29-21)31-9-6-16(7-10-31)20-26-12-17(13-27-20)15-4-5-15/h6,12-13,15H,4-5,7-11,14H2,1-3H3,(H,25,32)(H,28,29,30). The number of aryl methyl sites for hydroxylation is 1. The summed E-state index contributed by atoms with van der Waals surface area (Å²) >= 11 is 0. The first-order valence-corrected chi connectivity index (χ1v) is 13.3. The average Bonchev–Trinajstić information content (AvgIpc) is 3.65. The van der Waals surface area contributed by atoms with Gasteiger partial charge in [-0.15, -0.1) is 0 Å². The third kappa shape index (κ3) is 5.29. The molecule has 1 amide bonds. The molecule has 1 saturated carbocycles. The molecule has 1 unspecified atom stereocenters. The summed E-state index contributed by atoms with van der Waals surface area (Å²) in [6.45, 7) is 5.33. The van der Waals surface area contributed by atoms with Gasteiger partial charge in [0.05, 0.1) is 22.0 Å². The maximum absolute atomic E-state index is 12.7. The second-order valence-electron chi connectivity index (χ2n) is 9.82. The van der Waals surface area contributed by atoms with Gasteiger partial charge in [-0.3, -0.25) is 4.21 Å². The first-order valence-electron chi connectivity index (χ1n) is 12.0. The van der Waals surface area contributed by atoms with Crippen molar-refractivity contribution < 1.29 is 13.7 Å². The van der Waals surface area contributed by atoms with Crippen LogP contribution in [0.1, 0.15) is 56.1 Å². The first-order chi connectivity index (χ1) is 16.8. The average molecular weight is 498 g/mol. The molecule has 0 spiro atoms. The highest BCUT2D eigenvalue weighted by atomic mass is 32.2. The Morgan fingerprint density at radius 1 is 1.23 bits per heavy atom. The number of anilines is 2. The van der Waals surface area contributed by atoms with E-state index in [-0.39, 0.29) is 6.61 Å². The third-order valence-corrected chi connectivity index (χ3v) is 7.86. The quantitative estimate of drug-likeness (QED) is 0.594. The predicted molar refractivity (Wildman–Crippen MR) is 134 cm³/mol. The van der Waals surface area contributed by atoms with Crippen LogP contribution >= 0.6 is 0 Å². The first kappa shape index (κ1) is 23.7. The Kier molecular flexibility index (Phi) is 6.43. The number of ether oxygens (including phenoxy) is 1. The Bertz CT molecular complexity index is 1180. The van der Waals surface area contributed by atoms with Crippen LogP contribution in [0.4, 0.5) is 16.6 Å². The van der Waals surface area contributed by atoms with Crippen LogP contribution in [0.5, 0.6) is 0 Å². The zero-order valence-electron chi connectivity index (χ0n) is 20.3. The Labute approximate surface area is 207 Å². The number of carbonyl (C=O) groups is 1. The molecule has 35 heavy (non-hydrogen) atoms. The maximum Gasteiger partial charge on any atom is 0.406 e. The number of hydrogen-bond acceptors (Lipinski definition) is 9. The second kappa shape index (κ2) is 9.52. The molecular formula is C24H31N7O3S. The Morgan fingerprint density at radius 2 is 2.00 bits per heavy atom. The number of hydrogen-bond donors (Lipinski definition) is 2. The summed E-state index contributed by atoms with van der Waals surface area (Å²) in [7, 11) is 0.359. The van der Waals surface area contributed by atoms with Crippen molar-refractivity contribution in [1.29, 1.82) is 0 Å². The van der Waals surface area contributed by atoms with Gasteiger partial charge in [-0.2, -0.15) is 4.98 Å². The van der Waals surface area contributed by atoms with Gasteiger partial charge in [0.25, 0.3) is 0 Å². The van der Waals surface area contributed by atoms with Crippen LogP contribution in [0.2, 0.25) is 0 Å². The molecule has 11 heteroatoms. The van der Waals surface area contributed by atoms with Gasteiger partial charge >= 0.3 is 6.09 Å². The topological polar surface area (TPSA) is 122 Å². The van der Waals surface area contributed by atoms with Gasteiger partial charge in [-0.25, -0.2) is 19.7 Å². The molecule has 2 aliphatic heterocycles. The van der Waals surface area contributed by atoms with E-state index >= 15 is 0 Å². The fourth-order valence-corrected chi connectivity index (χ4v) is 5.58. The third-order valence-electron chi connectivity index (χ3n) is 6.40. The molecule has 0 radical (unpaired) electrons. The number of nitrogens with zero attached hydrogens (tertiary/aromatic N) is 5. The zero-order valence-corrected chi connectivity index (χ0v) is 21.2. The number of aromatic nitrogens is 4. The highest BCUT2D eigenvalue weighted by Gasteiger charge is 2.31. The van der Waals surface area contributed by atoms with Crippen LogP contribution in [-0.2, 0) is 22.0 Å². The van der Waals surface area contributed by atoms with Crippen molar-refractivity contribution in [3.63, 3.8) is 0 Å². The molecule has 1 fully saturated rings. The number of fused-ring (bicyclic) bond motifs is 1. The number of amides is 1. The molecule has 2 N–H and O–H groups in total. The Hall–Kier alpha value is -3.08. The monoisotopic (exact) mass is 497 g/mol. The van der Waals surface area contributed by atoms with Gasteiger partial charge in [0.2, 0.25) is 5.95 Å². The van der Waals surface area contributed by atoms with E-state index < -0.39 is 22.4 Å². The summed E-state index contributed by atoms with van der Waals surface area (Å²) in [6, 6.07) is 0. The second-order valence-corrected chi connectivity index (χ2v) is 11.3. The number of alkyl carbamates (subject to hydrolysis) is 1. The van der Waals surface area contributed by atoms with Crippen molar-refractivity contribution >= 4 is 34.2 Å². The van der Waals surface area contributed by atoms with E-state index in [0.29, 0.717) is 41.3 Å². The molecule has 2 aromatic rings. The Balaban J connectivity index is 1.34. The lowest BCUT2D eigenvalue weighted by Crippen LogP contribution is -2.39. The fraction of sp³-hybridized carbons (Fsp3) is 0.542. The lowest BCUT2D eigenvalue weighted by atomic mass is 10.1. The molecule has 0 saturated heterocycles. The van der Waals surface area contributed by atoms with Gasteiger partial charge in [0, 0.05) is 44.7 Å². The smallest absolute Gasteiger partial charge is 0.406 e. The SMILES string of the molecule is CNC(=O)OCC(C)(C)Nc1nc(N2CC=C(c3ncc(C4CC4)cn3)CC2)nc2c1S(=O)CC2. The van der Waals surface area contributed by atoms with Crippen molar-refractivity contribution in [2.24, 2.45) is 0 Å². The van der Waals surface area contributed by atoms with Gasteiger partial charge in [-0.05, 0) is 50.2 Å². The van der Waals surface area contributed by atoms with Gasteiger partial charge in [0.15, 0.2) is 5.82 Å². The molecule has 4 heterocycles. The van der Waals surface area contributed by atoms with E-state index in [4.69, 9.17) is 14.7 Å². The van der Waals surface area contributed by atoms with Gasteiger partial charge in [-0.1, -0.05) is 6.08 Å². The lowest BCUT2D eigenvalue weighted by Gasteiger charge is -2.29. The number of rotatable bonds is 7. The minimum Gasteiger partial charge on any atom is -0.447 e. The molecule has 1 aliphatic carbocycles. The largest absolute Gasteiger partial charge is 0.447 e. The van der Waals surface area contributed by atoms with Crippen molar-refractivity contribution in [2.45, 2.75) is 55.9 Å². The van der Waals surface area contributed by atoms with Crippen molar-refractivity contribution in [3.8, 4) is 0 Å². The van der Waals surface area contributed by atoms with E-state index in [1.165, 1.54) is 25.5 Å². The van der Waals surface area contributed by atoms with Gasteiger partial charge < -0.3 is 20.3 Å². The highest BCUT2D eigenvalue weighted by Crippen LogP contribution is 2.39. The molecule has 0 aromatic carbocycles. The number of carbonyl (C=O) groups excluding carboxylic acids is 1. The lowest BCUT2D eigenvalue weighted by molar-refractivity contribution is 0.131. The fourth-order valence-electron chi connectivity index (χ4n) is 4.27. The van der Waals surface area contributed by atoms with Crippen LogP contribution in [0.25, 0.3) is 5.57 Å². The molecule has 5 rings (SSSR count). The van der Waals surface area contributed by atoms with E-state index in [1.807, 2.05) is 26.2 Å². The van der Waals surface area contributed by atoms with Crippen LogP contribution in [0.15, 0.2) is 23.4 Å². The molecule has 0 bridgehead atoms. The van der Waals surface area contributed by atoms with Crippen LogP contribution in [0.3, 0.4) is 0 Å². The van der Waals surface area contributed by atoms with E-state index in [1.54, 1.807) is 0 Å². The van der Waals surface area contributed by atoms with Crippen molar-refractivity contribution in [3.05, 3.63) is 35.6 Å². The van der Waals surface area contributed by atoms with Crippen molar-refractivity contribution in [1.82, 2.24) is 25.3 Å². The molecular weight excluding hydrogens is 466 g/mol. The molecule has 186 valence electrons. The molecule has 1 atom stereocenters. The maximum atomic E-state index is 12.7. The normalized spacial score (nSPS) is 19.7. The van der Waals surface area contributed by atoms with Crippen molar-refractivity contribution in [2.75, 3.05) is 42.7 Å². The van der Waals surface area contributed by atoms with E-state index in [9.17, 15) is 9.00 Å². The summed E-state index contributed by atoms with van der Waals surface area (Å²) < 4.78 is 17.9. The van der Waals surface area contributed by atoms with Gasteiger partial charge in [0.1, 0.15) is 17.3 Å². The van der Waals surface area contributed by atoms with Crippen LogP contribution in [0, 0.1) is 0 Å². The molecule has 2 aromatic heterocycles. The Morgan fingerprint density at radius 3 is 2.66 bits per heavy atom. The number of nitrogens with one attached hydrogen (secondary N) is 2. The van der Waals surface area contributed by atoms with E-state index in [2.05, 4.69) is 31.6 Å². The molecule has 3 aliphatic rings. The molecule has 10 nitrogen and oxygen atoms in total. The minimum absolute atomic E-state index is 0.128. The van der Waals surface area contributed by atoms with E-state index in [0.717, 1.165) is 30.1 Å². The summed E-state index contributed by atoms with van der Waals surface area (Å²) in [5.41, 5.74) is 2.57. The summed E-state index contributed by atoms with van der Waals surface area (Å²) in [5, 5.41) is 5.79. The predicted octanol–water partition coefficient (Wildman–Crippen LogP) is 2.65. The minimum atomic E-state index is -1.16. The van der Waals surface area contributed by atoms with Crippen LogP contribution < -0.4 is 15.5 Å². The highest BCUT2D eigenvalue weighted by molar-refractivity contribution is 7.85. The summed E-state index contributed by atoms with van der Waals surface area (Å²) in [4.78, 5) is 33.0. The summed E-state index contributed by atoms with van der Waals surface area (Å²) in [6.07, 6.45) is 9.49. The summed E-state index contributed by atoms with van der Waals surface area (Å²) in [5.74, 6) is 3.12. The zero-order chi connectivity index (χ0) is 24.6.